The maximum Gasteiger partial charge on any atom is 0.228 e. The lowest BCUT2D eigenvalue weighted by atomic mass is 9.95. The molecule has 0 atom stereocenters. The SMILES string of the molecule is CSC1CCC(Nc2nc(Cl)nc(Cl)n2)CC1. The second kappa shape index (κ2) is 6.07. The van der Waals surface area contributed by atoms with Gasteiger partial charge in [0, 0.05) is 11.3 Å². The zero-order valence-corrected chi connectivity index (χ0v) is 11.8. The summed E-state index contributed by atoms with van der Waals surface area (Å²) in [6, 6.07) is 0.410. The van der Waals surface area contributed by atoms with Gasteiger partial charge in [-0.3, -0.25) is 0 Å². The third kappa shape index (κ3) is 3.86. The van der Waals surface area contributed by atoms with E-state index in [1.54, 1.807) is 0 Å². The monoisotopic (exact) mass is 292 g/mol. The second-order valence-electron chi connectivity index (χ2n) is 4.05. The van der Waals surface area contributed by atoms with E-state index in [9.17, 15) is 0 Å². The van der Waals surface area contributed by atoms with Crippen LogP contribution in [0.1, 0.15) is 25.7 Å². The number of halogens is 2. The van der Waals surface area contributed by atoms with Gasteiger partial charge in [-0.25, -0.2) is 0 Å². The molecule has 4 nitrogen and oxygen atoms in total. The zero-order chi connectivity index (χ0) is 12.3. The molecular formula is C10H14Cl2N4S. The summed E-state index contributed by atoms with van der Waals surface area (Å²) in [5, 5.41) is 4.32. The smallest absolute Gasteiger partial charge is 0.228 e. The van der Waals surface area contributed by atoms with E-state index in [1.165, 1.54) is 12.8 Å². The van der Waals surface area contributed by atoms with Crippen molar-refractivity contribution in [2.45, 2.75) is 37.0 Å². The predicted molar refractivity (Wildman–Crippen MR) is 73.0 cm³/mol. The second-order valence-corrected chi connectivity index (χ2v) is 5.86. The van der Waals surface area contributed by atoms with E-state index in [0.717, 1.165) is 18.1 Å². The molecule has 1 saturated carbocycles. The molecule has 0 aromatic carbocycles. The van der Waals surface area contributed by atoms with Gasteiger partial charge in [-0.05, 0) is 55.1 Å². The Balaban J connectivity index is 1.93. The van der Waals surface area contributed by atoms with Gasteiger partial charge in [-0.2, -0.15) is 26.7 Å². The molecule has 7 heteroatoms. The fraction of sp³-hybridized carbons (Fsp3) is 0.700. The third-order valence-electron chi connectivity index (χ3n) is 2.92. The highest BCUT2D eigenvalue weighted by molar-refractivity contribution is 7.99. The first-order valence-corrected chi connectivity index (χ1v) is 7.58. The molecule has 0 saturated heterocycles. The number of anilines is 1. The minimum absolute atomic E-state index is 0.130. The van der Waals surface area contributed by atoms with Crippen LogP contribution in [-0.2, 0) is 0 Å². The van der Waals surface area contributed by atoms with Crippen molar-refractivity contribution in [3.63, 3.8) is 0 Å². The summed E-state index contributed by atoms with van der Waals surface area (Å²) in [6.45, 7) is 0. The molecule has 1 aromatic heterocycles. The maximum atomic E-state index is 5.72. The number of rotatable bonds is 3. The highest BCUT2D eigenvalue weighted by Crippen LogP contribution is 2.28. The van der Waals surface area contributed by atoms with Gasteiger partial charge in [0.15, 0.2) is 0 Å². The van der Waals surface area contributed by atoms with Crippen LogP contribution in [0.15, 0.2) is 0 Å². The van der Waals surface area contributed by atoms with Crippen LogP contribution in [0.4, 0.5) is 5.95 Å². The summed E-state index contributed by atoms with van der Waals surface area (Å²) < 4.78 is 0. The highest BCUT2D eigenvalue weighted by Gasteiger charge is 2.21. The number of hydrogen-bond donors (Lipinski definition) is 1. The van der Waals surface area contributed by atoms with Crippen molar-refractivity contribution in [2.24, 2.45) is 0 Å². The Hall–Kier alpha value is -0.260. The molecule has 0 amide bonds. The third-order valence-corrected chi connectivity index (χ3v) is 4.40. The van der Waals surface area contributed by atoms with Gasteiger partial charge >= 0.3 is 0 Å². The lowest BCUT2D eigenvalue weighted by molar-refractivity contribution is 0.471. The summed E-state index contributed by atoms with van der Waals surface area (Å²) in [6.07, 6.45) is 6.89. The molecule has 1 heterocycles. The minimum Gasteiger partial charge on any atom is -0.351 e. The van der Waals surface area contributed by atoms with E-state index < -0.39 is 0 Å². The molecule has 1 fully saturated rings. The summed E-state index contributed by atoms with van der Waals surface area (Å²) in [5.74, 6) is 0.475. The fourth-order valence-electron chi connectivity index (χ4n) is 2.02. The minimum atomic E-state index is 0.130. The van der Waals surface area contributed by atoms with Crippen LogP contribution in [0.25, 0.3) is 0 Å². The average molecular weight is 293 g/mol. The summed E-state index contributed by atoms with van der Waals surface area (Å²) in [5.41, 5.74) is 0. The van der Waals surface area contributed by atoms with E-state index in [0.29, 0.717) is 12.0 Å². The molecule has 94 valence electrons. The van der Waals surface area contributed by atoms with E-state index in [4.69, 9.17) is 23.2 Å². The lowest BCUT2D eigenvalue weighted by Gasteiger charge is -2.27. The zero-order valence-electron chi connectivity index (χ0n) is 9.49. The Bertz CT molecular complexity index is 362. The molecule has 1 aliphatic rings. The van der Waals surface area contributed by atoms with Crippen LogP contribution in [0.2, 0.25) is 10.6 Å². The van der Waals surface area contributed by atoms with Gasteiger partial charge in [0.1, 0.15) is 0 Å². The topological polar surface area (TPSA) is 50.7 Å². The Labute approximate surface area is 115 Å². The van der Waals surface area contributed by atoms with Crippen LogP contribution in [0.3, 0.4) is 0 Å². The predicted octanol–water partition coefficient (Wildman–Crippen LogP) is 3.26. The number of hydrogen-bond acceptors (Lipinski definition) is 5. The molecule has 0 aliphatic heterocycles. The van der Waals surface area contributed by atoms with Crippen molar-refractivity contribution < 1.29 is 0 Å². The summed E-state index contributed by atoms with van der Waals surface area (Å²) in [4.78, 5) is 11.7. The molecule has 2 rings (SSSR count). The van der Waals surface area contributed by atoms with Crippen LogP contribution < -0.4 is 5.32 Å². The lowest BCUT2D eigenvalue weighted by Crippen LogP contribution is -2.28. The van der Waals surface area contributed by atoms with E-state index in [1.807, 2.05) is 11.8 Å². The first-order valence-electron chi connectivity index (χ1n) is 5.54. The van der Waals surface area contributed by atoms with Gasteiger partial charge in [-0.15, -0.1) is 0 Å². The van der Waals surface area contributed by atoms with Gasteiger partial charge in [0.2, 0.25) is 16.5 Å². The summed E-state index contributed by atoms with van der Waals surface area (Å²) >= 11 is 13.4. The van der Waals surface area contributed by atoms with E-state index in [-0.39, 0.29) is 10.6 Å². The number of thioether (sulfide) groups is 1. The Kier molecular flexibility index (Phi) is 4.70. The van der Waals surface area contributed by atoms with Crippen molar-refractivity contribution in [2.75, 3.05) is 11.6 Å². The van der Waals surface area contributed by atoms with Crippen molar-refractivity contribution in [3.05, 3.63) is 10.6 Å². The summed E-state index contributed by atoms with van der Waals surface area (Å²) in [7, 11) is 0. The molecule has 0 bridgehead atoms. The molecule has 17 heavy (non-hydrogen) atoms. The van der Waals surface area contributed by atoms with E-state index >= 15 is 0 Å². The first kappa shape index (κ1) is 13.2. The molecule has 0 radical (unpaired) electrons. The van der Waals surface area contributed by atoms with Crippen LogP contribution in [0.5, 0.6) is 0 Å². The standard InChI is InChI=1S/C10H14Cl2N4S/c1-17-7-4-2-6(3-5-7)13-10-15-8(11)14-9(12)16-10/h6-7H,2-5H2,1H3,(H,13,14,15,16). The van der Waals surface area contributed by atoms with Crippen molar-refractivity contribution in [1.29, 1.82) is 0 Å². The van der Waals surface area contributed by atoms with Crippen LogP contribution >= 0.6 is 35.0 Å². The van der Waals surface area contributed by atoms with Gasteiger partial charge in [0.05, 0.1) is 0 Å². The molecule has 0 unspecified atom stereocenters. The van der Waals surface area contributed by atoms with Crippen LogP contribution in [0, 0.1) is 0 Å². The first-order chi connectivity index (χ1) is 8.17. The molecule has 0 spiro atoms. The van der Waals surface area contributed by atoms with Crippen molar-refractivity contribution in [1.82, 2.24) is 15.0 Å². The Morgan fingerprint density at radius 1 is 1.06 bits per heavy atom. The molecule has 1 aromatic rings. The Morgan fingerprint density at radius 3 is 2.18 bits per heavy atom. The maximum absolute atomic E-state index is 5.72. The highest BCUT2D eigenvalue weighted by atomic mass is 35.5. The molecular weight excluding hydrogens is 279 g/mol. The number of aromatic nitrogens is 3. The van der Waals surface area contributed by atoms with Gasteiger partial charge < -0.3 is 5.32 Å². The van der Waals surface area contributed by atoms with Crippen molar-refractivity contribution in [3.8, 4) is 0 Å². The van der Waals surface area contributed by atoms with Crippen molar-refractivity contribution >= 4 is 40.9 Å². The Morgan fingerprint density at radius 2 is 1.65 bits per heavy atom. The number of nitrogens with one attached hydrogen (secondary N) is 1. The molecule has 1 aliphatic carbocycles. The average Bonchev–Trinajstić information content (AvgIpc) is 2.28. The normalized spacial score (nSPS) is 24.6. The van der Waals surface area contributed by atoms with Gasteiger partial charge in [-0.1, -0.05) is 0 Å². The quantitative estimate of drug-likeness (QED) is 0.927. The molecule has 1 N–H and O–H groups in total. The van der Waals surface area contributed by atoms with E-state index in [2.05, 4.69) is 26.5 Å². The largest absolute Gasteiger partial charge is 0.351 e. The van der Waals surface area contributed by atoms with Gasteiger partial charge in [0.25, 0.3) is 0 Å². The van der Waals surface area contributed by atoms with Crippen LogP contribution in [-0.4, -0.2) is 32.5 Å². The fourth-order valence-corrected chi connectivity index (χ4v) is 3.12. The number of nitrogens with zero attached hydrogens (tertiary/aromatic N) is 3.